The summed E-state index contributed by atoms with van der Waals surface area (Å²) in [6.07, 6.45) is 1.54. The molecule has 2 aromatic rings. The van der Waals surface area contributed by atoms with Crippen molar-refractivity contribution in [1.29, 1.82) is 0 Å². The van der Waals surface area contributed by atoms with Gasteiger partial charge in [-0.25, -0.2) is 4.98 Å². The van der Waals surface area contributed by atoms with Crippen LogP contribution < -0.4 is 0 Å². The molecule has 0 bridgehead atoms. The minimum Gasteiger partial charge on any atom is -0.508 e. The first kappa shape index (κ1) is 13.5. The molecule has 4 nitrogen and oxygen atoms in total. The highest BCUT2D eigenvalue weighted by Crippen LogP contribution is 2.13. The summed E-state index contributed by atoms with van der Waals surface area (Å²) in [6, 6.07) is 10.3. The largest absolute Gasteiger partial charge is 0.508 e. The molecule has 0 spiro atoms. The molecule has 0 saturated heterocycles. The Morgan fingerprint density at radius 1 is 1.26 bits per heavy atom. The number of benzene rings is 1. The molecule has 1 heterocycles. The van der Waals surface area contributed by atoms with E-state index in [1.54, 1.807) is 54.5 Å². The lowest BCUT2D eigenvalue weighted by Crippen LogP contribution is -2.26. The van der Waals surface area contributed by atoms with Crippen LogP contribution in [0.25, 0.3) is 0 Å². The lowest BCUT2D eigenvalue weighted by Gasteiger charge is -2.17. The maximum atomic E-state index is 12.1. The van der Waals surface area contributed by atoms with E-state index in [9.17, 15) is 9.90 Å². The molecule has 1 amide bonds. The number of aromatic hydroxyl groups is 1. The van der Waals surface area contributed by atoms with E-state index in [-0.39, 0.29) is 11.7 Å². The molecule has 98 valence electrons. The molecule has 0 atom stereocenters. The number of nitrogens with zero attached hydrogens (tertiary/aromatic N) is 2. The molecule has 0 aliphatic rings. The SMILES string of the molecule is CN(Cc1ccc(O)cc1)C(=O)c1ccc(Br)nc1. The topological polar surface area (TPSA) is 53.4 Å². The van der Waals surface area contributed by atoms with Gasteiger partial charge in [-0.15, -0.1) is 0 Å². The Hall–Kier alpha value is -1.88. The van der Waals surface area contributed by atoms with Crippen LogP contribution in [0.3, 0.4) is 0 Å². The Balaban J connectivity index is 2.07. The normalized spacial score (nSPS) is 10.2. The highest BCUT2D eigenvalue weighted by Gasteiger charge is 2.12. The Morgan fingerprint density at radius 2 is 1.95 bits per heavy atom. The Kier molecular flexibility index (Phi) is 4.16. The van der Waals surface area contributed by atoms with E-state index in [1.807, 2.05) is 0 Å². The molecule has 1 N–H and O–H groups in total. The number of aromatic nitrogens is 1. The van der Waals surface area contributed by atoms with Crippen molar-refractivity contribution < 1.29 is 9.90 Å². The fraction of sp³-hybridized carbons (Fsp3) is 0.143. The highest BCUT2D eigenvalue weighted by molar-refractivity contribution is 9.10. The van der Waals surface area contributed by atoms with Gasteiger partial charge in [0.25, 0.3) is 5.91 Å². The monoisotopic (exact) mass is 320 g/mol. The highest BCUT2D eigenvalue weighted by atomic mass is 79.9. The summed E-state index contributed by atoms with van der Waals surface area (Å²) in [7, 11) is 1.73. The van der Waals surface area contributed by atoms with E-state index in [1.165, 1.54) is 0 Å². The fourth-order valence-corrected chi connectivity index (χ4v) is 1.90. The smallest absolute Gasteiger partial charge is 0.255 e. The maximum absolute atomic E-state index is 12.1. The summed E-state index contributed by atoms with van der Waals surface area (Å²) in [5, 5.41) is 9.21. The van der Waals surface area contributed by atoms with Gasteiger partial charge in [-0.05, 0) is 45.8 Å². The number of carbonyl (C=O) groups excluding carboxylic acids is 1. The molecule has 0 saturated carbocycles. The van der Waals surface area contributed by atoms with Gasteiger partial charge in [0.05, 0.1) is 5.56 Å². The van der Waals surface area contributed by atoms with Gasteiger partial charge in [0.2, 0.25) is 0 Å². The van der Waals surface area contributed by atoms with Crippen LogP contribution in [0.15, 0.2) is 47.2 Å². The van der Waals surface area contributed by atoms with E-state index in [0.717, 1.165) is 5.56 Å². The summed E-state index contributed by atoms with van der Waals surface area (Å²) in [6.45, 7) is 0.481. The number of amides is 1. The van der Waals surface area contributed by atoms with E-state index >= 15 is 0 Å². The van der Waals surface area contributed by atoms with Crippen LogP contribution in [-0.2, 0) is 6.54 Å². The van der Waals surface area contributed by atoms with E-state index in [4.69, 9.17) is 0 Å². The van der Waals surface area contributed by atoms with Gasteiger partial charge < -0.3 is 10.0 Å². The molecule has 0 aliphatic carbocycles. The Morgan fingerprint density at radius 3 is 2.53 bits per heavy atom. The van der Waals surface area contributed by atoms with Gasteiger partial charge in [0.1, 0.15) is 10.4 Å². The molecular weight excluding hydrogens is 308 g/mol. The summed E-state index contributed by atoms with van der Waals surface area (Å²) in [5.41, 5.74) is 1.50. The lowest BCUT2D eigenvalue weighted by molar-refractivity contribution is 0.0784. The quantitative estimate of drug-likeness (QED) is 0.885. The molecule has 1 aromatic heterocycles. The van der Waals surface area contributed by atoms with E-state index in [2.05, 4.69) is 20.9 Å². The number of carbonyl (C=O) groups is 1. The van der Waals surface area contributed by atoms with E-state index < -0.39 is 0 Å². The number of pyridine rings is 1. The summed E-state index contributed by atoms with van der Waals surface area (Å²) in [5.74, 6) is 0.128. The number of phenolic OH excluding ortho intramolecular Hbond substituents is 1. The zero-order valence-corrected chi connectivity index (χ0v) is 12.0. The van der Waals surface area contributed by atoms with Crippen molar-refractivity contribution in [3.8, 4) is 5.75 Å². The second kappa shape index (κ2) is 5.84. The predicted octanol–water partition coefficient (Wildman–Crippen LogP) is 2.82. The van der Waals surface area contributed by atoms with Gasteiger partial charge in [-0.1, -0.05) is 12.1 Å². The van der Waals surface area contributed by atoms with Crippen LogP contribution in [0.5, 0.6) is 5.75 Å². The number of rotatable bonds is 3. The fourth-order valence-electron chi connectivity index (χ4n) is 1.67. The van der Waals surface area contributed by atoms with Crippen molar-refractivity contribution in [1.82, 2.24) is 9.88 Å². The van der Waals surface area contributed by atoms with Gasteiger partial charge in [0.15, 0.2) is 0 Å². The summed E-state index contributed by atoms with van der Waals surface area (Å²) >= 11 is 3.23. The van der Waals surface area contributed by atoms with Crippen LogP contribution >= 0.6 is 15.9 Å². The lowest BCUT2D eigenvalue weighted by atomic mass is 10.2. The average Bonchev–Trinajstić information content (AvgIpc) is 2.41. The van der Waals surface area contributed by atoms with Gasteiger partial charge in [0, 0.05) is 19.8 Å². The van der Waals surface area contributed by atoms with Crippen molar-refractivity contribution in [2.45, 2.75) is 6.54 Å². The molecule has 1 aromatic carbocycles. The average molecular weight is 321 g/mol. The van der Waals surface area contributed by atoms with Crippen LogP contribution in [0.2, 0.25) is 0 Å². The maximum Gasteiger partial charge on any atom is 0.255 e. The Labute approximate surface area is 119 Å². The molecule has 19 heavy (non-hydrogen) atoms. The molecule has 0 unspecified atom stereocenters. The minimum absolute atomic E-state index is 0.0897. The number of phenols is 1. The van der Waals surface area contributed by atoms with Crippen LogP contribution in [0.4, 0.5) is 0 Å². The third-order valence-corrected chi connectivity index (χ3v) is 3.15. The standard InChI is InChI=1S/C14H13BrN2O2/c1-17(9-10-2-5-12(18)6-3-10)14(19)11-4-7-13(15)16-8-11/h2-8,18H,9H2,1H3. The Bertz CT molecular complexity index is 567. The first-order chi connectivity index (χ1) is 9.06. The zero-order valence-electron chi connectivity index (χ0n) is 10.4. The van der Waals surface area contributed by atoms with Crippen LogP contribution in [0, 0.1) is 0 Å². The van der Waals surface area contributed by atoms with Gasteiger partial charge >= 0.3 is 0 Å². The molecule has 5 heteroatoms. The first-order valence-electron chi connectivity index (χ1n) is 5.71. The molecule has 0 radical (unpaired) electrons. The van der Waals surface area contributed by atoms with Crippen molar-refractivity contribution in [2.75, 3.05) is 7.05 Å². The zero-order chi connectivity index (χ0) is 13.8. The van der Waals surface area contributed by atoms with Crippen molar-refractivity contribution in [2.24, 2.45) is 0 Å². The third-order valence-electron chi connectivity index (χ3n) is 2.68. The predicted molar refractivity (Wildman–Crippen MR) is 75.8 cm³/mol. The second-order valence-electron chi connectivity index (χ2n) is 4.20. The van der Waals surface area contributed by atoms with Gasteiger partial charge in [-0.2, -0.15) is 0 Å². The molecule has 0 aliphatic heterocycles. The summed E-state index contributed by atoms with van der Waals surface area (Å²) in [4.78, 5) is 17.8. The molecule has 2 rings (SSSR count). The van der Waals surface area contributed by atoms with Gasteiger partial charge in [-0.3, -0.25) is 4.79 Å². The van der Waals surface area contributed by atoms with Crippen LogP contribution in [-0.4, -0.2) is 27.9 Å². The number of hydrogen-bond donors (Lipinski definition) is 1. The number of hydrogen-bond acceptors (Lipinski definition) is 3. The van der Waals surface area contributed by atoms with Crippen molar-refractivity contribution in [3.63, 3.8) is 0 Å². The third kappa shape index (κ3) is 3.54. The second-order valence-corrected chi connectivity index (χ2v) is 5.01. The summed E-state index contributed by atoms with van der Waals surface area (Å²) < 4.78 is 0.699. The van der Waals surface area contributed by atoms with Crippen LogP contribution in [0.1, 0.15) is 15.9 Å². The van der Waals surface area contributed by atoms with Crippen molar-refractivity contribution >= 4 is 21.8 Å². The minimum atomic E-state index is -0.0897. The first-order valence-corrected chi connectivity index (χ1v) is 6.50. The van der Waals surface area contributed by atoms with E-state index in [0.29, 0.717) is 16.7 Å². The molecule has 0 fully saturated rings. The van der Waals surface area contributed by atoms with Crippen molar-refractivity contribution in [3.05, 3.63) is 58.3 Å². The molecular formula is C14H13BrN2O2. The number of halogens is 1.